The number of carbonyl (C=O) groups excluding carboxylic acids is 3. The number of hydrogen-bond acceptors (Lipinski definition) is 6. The Labute approximate surface area is 214 Å². The normalized spacial score (nSPS) is 10.4. The summed E-state index contributed by atoms with van der Waals surface area (Å²) in [5.74, 6) is -0.554. The van der Waals surface area contributed by atoms with Crippen LogP contribution in [0.4, 0.5) is 0 Å². The smallest absolute Gasteiger partial charge is 0.333 e. The summed E-state index contributed by atoms with van der Waals surface area (Å²) >= 11 is 0. The van der Waals surface area contributed by atoms with Gasteiger partial charge in [0.1, 0.15) is 5.75 Å². The molecule has 2 aromatic carbocycles. The van der Waals surface area contributed by atoms with Crippen molar-refractivity contribution in [1.82, 2.24) is 0 Å². The molecule has 0 amide bonds. The van der Waals surface area contributed by atoms with Gasteiger partial charge in [0.25, 0.3) is 0 Å². The molecular formula is C30H36O6. The van der Waals surface area contributed by atoms with Gasteiger partial charge in [-0.2, -0.15) is 0 Å². The maximum absolute atomic E-state index is 11.5. The van der Waals surface area contributed by atoms with E-state index < -0.39 is 0 Å². The van der Waals surface area contributed by atoms with Crippen LogP contribution in [-0.4, -0.2) is 31.1 Å². The second-order valence-corrected chi connectivity index (χ2v) is 8.90. The van der Waals surface area contributed by atoms with E-state index in [1.165, 1.54) is 18.1 Å². The third-order valence-electron chi connectivity index (χ3n) is 5.38. The van der Waals surface area contributed by atoms with Gasteiger partial charge in [-0.05, 0) is 86.8 Å². The van der Waals surface area contributed by atoms with Crippen molar-refractivity contribution in [3.63, 3.8) is 0 Å². The lowest BCUT2D eigenvalue weighted by Crippen LogP contribution is -2.06. The second kappa shape index (κ2) is 14.7. The third-order valence-corrected chi connectivity index (χ3v) is 5.38. The predicted octanol–water partition coefficient (Wildman–Crippen LogP) is 6.16. The monoisotopic (exact) mass is 492 g/mol. The molecule has 192 valence electrons. The zero-order chi connectivity index (χ0) is 26.5. The second-order valence-electron chi connectivity index (χ2n) is 8.90. The Bertz CT molecular complexity index is 1030. The molecule has 0 fully saturated rings. The largest absolute Gasteiger partial charge is 0.462 e. The predicted molar refractivity (Wildman–Crippen MR) is 141 cm³/mol. The van der Waals surface area contributed by atoms with E-state index >= 15 is 0 Å². The summed E-state index contributed by atoms with van der Waals surface area (Å²) in [5, 5.41) is 0. The van der Waals surface area contributed by atoms with Crippen molar-refractivity contribution in [3.05, 3.63) is 77.9 Å². The summed E-state index contributed by atoms with van der Waals surface area (Å²) < 4.78 is 15.5. The van der Waals surface area contributed by atoms with Crippen LogP contribution in [0.1, 0.15) is 57.6 Å². The lowest BCUT2D eigenvalue weighted by Gasteiger charge is -2.12. The number of rotatable bonds is 14. The number of aryl methyl sites for hydroxylation is 2. The highest BCUT2D eigenvalue weighted by Crippen LogP contribution is 2.26. The van der Waals surface area contributed by atoms with E-state index in [9.17, 15) is 14.4 Å². The SMILES string of the molecule is C=C(C)C(=O)OCCCCc1cc(CCCCOC(=O)C(=C)C)cc(-c2ccc(OC(C)=O)cc2)c1. The van der Waals surface area contributed by atoms with E-state index in [2.05, 4.69) is 31.4 Å². The van der Waals surface area contributed by atoms with Gasteiger partial charge < -0.3 is 14.2 Å². The first-order valence-corrected chi connectivity index (χ1v) is 12.2. The molecule has 0 aliphatic rings. The molecule has 6 nitrogen and oxygen atoms in total. The zero-order valence-corrected chi connectivity index (χ0v) is 21.6. The molecule has 0 aliphatic carbocycles. The Morgan fingerprint density at radius 2 is 1.14 bits per heavy atom. The van der Waals surface area contributed by atoms with Gasteiger partial charge in [0.15, 0.2) is 0 Å². The lowest BCUT2D eigenvalue weighted by molar-refractivity contribution is -0.139. The van der Waals surface area contributed by atoms with Crippen molar-refractivity contribution in [1.29, 1.82) is 0 Å². The molecule has 2 rings (SSSR count). The fourth-order valence-corrected chi connectivity index (χ4v) is 3.54. The van der Waals surface area contributed by atoms with Gasteiger partial charge in [-0.15, -0.1) is 0 Å². The first kappa shape index (κ1) is 28.6. The molecule has 0 atom stereocenters. The van der Waals surface area contributed by atoms with Crippen LogP contribution < -0.4 is 4.74 Å². The molecule has 0 spiro atoms. The van der Waals surface area contributed by atoms with Crippen molar-refractivity contribution in [3.8, 4) is 16.9 Å². The minimum Gasteiger partial charge on any atom is -0.462 e. The maximum Gasteiger partial charge on any atom is 0.333 e. The fourth-order valence-electron chi connectivity index (χ4n) is 3.54. The number of hydrogen-bond donors (Lipinski definition) is 0. The topological polar surface area (TPSA) is 78.9 Å². The summed E-state index contributed by atoms with van der Waals surface area (Å²) in [6, 6.07) is 14.0. The van der Waals surface area contributed by atoms with E-state index in [4.69, 9.17) is 14.2 Å². The molecule has 0 bridgehead atoms. The zero-order valence-electron chi connectivity index (χ0n) is 21.6. The first-order chi connectivity index (χ1) is 17.2. The van der Waals surface area contributed by atoms with Crippen LogP contribution in [0.3, 0.4) is 0 Å². The van der Waals surface area contributed by atoms with Gasteiger partial charge in [-0.3, -0.25) is 4.79 Å². The number of ether oxygens (including phenoxy) is 3. The van der Waals surface area contributed by atoms with Crippen LogP contribution in [0.25, 0.3) is 11.1 Å². The average molecular weight is 493 g/mol. The number of benzene rings is 2. The van der Waals surface area contributed by atoms with E-state index in [1.807, 2.05) is 12.1 Å². The Morgan fingerprint density at radius 3 is 1.56 bits per heavy atom. The fraction of sp³-hybridized carbons (Fsp3) is 0.367. The molecule has 0 aromatic heterocycles. The summed E-state index contributed by atoms with van der Waals surface area (Å²) in [4.78, 5) is 34.3. The van der Waals surface area contributed by atoms with Crippen molar-refractivity contribution in [2.45, 2.75) is 59.3 Å². The van der Waals surface area contributed by atoms with Crippen molar-refractivity contribution >= 4 is 17.9 Å². The lowest BCUT2D eigenvalue weighted by atomic mass is 9.95. The van der Waals surface area contributed by atoms with Gasteiger partial charge in [0.05, 0.1) is 13.2 Å². The Balaban J connectivity index is 2.05. The quantitative estimate of drug-likeness (QED) is 0.136. The van der Waals surface area contributed by atoms with Crippen molar-refractivity contribution in [2.24, 2.45) is 0 Å². The highest BCUT2D eigenvalue weighted by atomic mass is 16.5. The molecule has 0 saturated carbocycles. The molecule has 0 N–H and O–H groups in total. The minimum absolute atomic E-state index is 0.352. The number of unbranched alkanes of at least 4 members (excludes halogenated alkanes) is 2. The van der Waals surface area contributed by atoms with E-state index in [0.717, 1.165) is 49.7 Å². The third kappa shape index (κ3) is 10.3. The highest BCUT2D eigenvalue weighted by Gasteiger charge is 2.08. The summed E-state index contributed by atoms with van der Waals surface area (Å²) in [7, 11) is 0. The average Bonchev–Trinajstić information content (AvgIpc) is 2.83. The standard InChI is InChI=1S/C30H36O6/c1-21(2)29(32)34-16-8-6-10-24-18-25(11-7-9-17-35-30(33)22(3)4)20-27(19-24)26-12-14-28(15-13-26)36-23(5)31/h12-15,18-20H,1,3,6-11,16-17H2,2,4-5H3. The van der Waals surface area contributed by atoms with Crippen LogP contribution in [0.5, 0.6) is 5.75 Å². The molecule has 6 heteroatoms. The van der Waals surface area contributed by atoms with Crippen molar-refractivity contribution < 1.29 is 28.6 Å². The van der Waals surface area contributed by atoms with Gasteiger partial charge in [0, 0.05) is 18.1 Å². The Kier molecular flexibility index (Phi) is 11.6. The van der Waals surface area contributed by atoms with Crippen molar-refractivity contribution in [2.75, 3.05) is 13.2 Å². The Hall–Kier alpha value is -3.67. The Morgan fingerprint density at radius 1 is 0.667 bits per heavy atom. The first-order valence-electron chi connectivity index (χ1n) is 12.2. The van der Waals surface area contributed by atoms with E-state index in [-0.39, 0.29) is 17.9 Å². The molecule has 2 aromatic rings. The van der Waals surface area contributed by atoms with Gasteiger partial charge in [0.2, 0.25) is 0 Å². The summed E-state index contributed by atoms with van der Waals surface area (Å²) in [5.41, 5.74) is 5.32. The van der Waals surface area contributed by atoms with Crippen LogP contribution >= 0.6 is 0 Å². The number of carbonyl (C=O) groups is 3. The van der Waals surface area contributed by atoms with Gasteiger partial charge in [-0.1, -0.05) is 43.5 Å². The number of esters is 3. The molecule has 0 aliphatic heterocycles. The molecule has 0 radical (unpaired) electrons. The maximum atomic E-state index is 11.5. The summed E-state index contributed by atoms with van der Waals surface area (Å²) in [6.07, 6.45) is 5.01. The minimum atomic E-state index is -0.356. The molecule has 0 unspecified atom stereocenters. The van der Waals surface area contributed by atoms with E-state index in [0.29, 0.717) is 30.1 Å². The molecule has 0 heterocycles. The van der Waals surface area contributed by atoms with Crippen LogP contribution in [0.15, 0.2) is 66.8 Å². The molecule has 36 heavy (non-hydrogen) atoms. The highest BCUT2D eigenvalue weighted by molar-refractivity contribution is 5.87. The molecule has 0 saturated heterocycles. The van der Waals surface area contributed by atoms with Crippen LogP contribution in [0.2, 0.25) is 0 Å². The summed E-state index contributed by atoms with van der Waals surface area (Å²) in [6.45, 7) is 12.6. The molecular weight excluding hydrogens is 456 g/mol. The van der Waals surface area contributed by atoms with Gasteiger partial charge in [-0.25, -0.2) is 9.59 Å². The van der Waals surface area contributed by atoms with E-state index in [1.54, 1.807) is 26.0 Å². The van der Waals surface area contributed by atoms with Crippen LogP contribution in [0, 0.1) is 0 Å². The van der Waals surface area contributed by atoms with Crippen LogP contribution in [-0.2, 0) is 36.7 Å². The van der Waals surface area contributed by atoms with Gasteiger partial charge >= 0.3 is 17.9 Å².